The Balaban J connectivity index is 2.15. The molecule has 1 amide bonds. The minimum Gasteiger partial charge on any atom is -0.321 e. The molecule has 0 radical (unpaired) electrons. The Bertz CT molecular complexity index is 459. The van der Waals surface area contributed by atoms with Crippen molar-refractivity contribution in [1.82, 2.24) is 0 Å². The van der Waals surface area contributed by atoms with E-state index in [1.807, 2.05) is 16.8 Å². The summed E-state index contributed by atoms with van der Waals surface area (Å²) in [7, 11) is 0. The second kappa shape index (κ2) is 4.78. The molecule has 0 unspecified atom stereocenters. The van der Waals surface area contributed by atoms with Gasteiger partial charge in [-0.3, -0.25) is 4.79 Å². The van der Waals surface area contributed by atoms with Gasteiger partial charge in [0.05, 0.1) is 14.4 Å². The molecule has 0 saturated heterocycles. The topological polar surface area (TPSA) is 29.1 Å². The molecule has 0 spiro atoms. The number of halogens is 2. The van der Waals surface area contributed by atoms with Crippen LogP contribution in [0.25, 0.3) is 0 Å². The molecule has 2 aromatic rings. The summed E-state index contributed by atoms with van der Waals surface area (Å²) in [5.41, 5.74) is 0.839. The SMILES string of the molecule is O=C(Nc1ccsc1)c1cc(Br)c(Br)s1. The number of hydrogen-bond acceptors (Lipinski definition) is 3. The van der Waals surface area contributed by atoms with E-state index in [1.54, 1.807) is 17.4 Å². The molecule has 0 aliphatic rings. The van der Waals surface area contributed by atoms with Crippen LogP contribution in [0.3, 0.4) is 0 Å². The van der Waals surface area contributed by atoms with Crippen LogP contribution in [0.15, 0.2) is 31.2 Å². The molecule has 6 heteroatoms. The van der Waals surface area contributed by atoms with Crippen molar-refractivity contribution in [2.24, 2.45) is 0 Å². The van der Waals surface area contributed by atoms with Crippen molar-refractivity contribution in [1.29, 1.82) is 0 Å². The average Bonchev–Trinajstić information content (AvgIpc) is 2.78. The zero-order valence-electron chi connectivity index (χ0n) is 7.29. The average molecular weight is 367 g/mol. The number of carbonyl (C=O) groups excluding carboxylic acids is 1. The van der Waals surface area contributed by atoms with E-state index in [0.717, 1.165) is 13.9 Å². The van der Waals surface area contributed by atoms with E-state index in [9.17, 15) is 4.79 Å². The number of thiophene rings is 2. The molecule has 15 heavy (non-hydrogen) atoms. The smallest absolute Gasteiger partial charge is 0.265 e. The van der Waals surface area contributed by atoms with E-state index < -0.39 is 0 Å². The molecular formula is C9H5Br2NOS2. The Kier molecular flexibility index (Phi) is 3.60. The third kappa shape index (κ3) is 2.69. The Hall–Kier alpha value is -0.170. The largest absolute Gasteiger partial charge is 0.321 e. The highest BCUT2D eigenvalue weighted by Gasteiger charge is 2.11. The van der Waals surface area contributed by atoms with Crippen molar-refractivity contribution in [2.75, 3.05) is 5.32 Å². The van der Waals surface area contributed by atoms with Crippen LogP contribution in [0.1, 0.15) is 9.67 Å². The first-order valence-corrected chi connectivity index (χ1v) is 7.30. The van der Waals surface area contributed by atoms with Gasteiger partial charge in [0.15, 0.2) is 0 Å². The van der Waals surface area contributed by atoms with Crippen molar-refractivity contribution >= 4 is 66.1 Å². The summed E-state index contributed by atoms with van der Waals surface area (Å²) < 4.78 is 1.83. The summed E-state index contributed by atoms with van der Waals surface area (Å²) in [5, 5.41) is 6.64. The minimum atomic E-state index is -0.0789. The first kappa shape index (κ1) is 11.3. The van der Waals surface area contributed by atoms with Crippen LogP contribution in [0, 0.1) is 0 Å². The van der Waals surface area contributed by atoms with Crippen molar-refractivity contribution in [3.63, 3.8) is 0 Å². The Labute approximate surface area is 112 Å². The molecule has 0 aromatic carbocycles. The van der Waals surface area contributed by atoms with Gasteiger partial charge in [0.25, 0.3) is 5.91 Å². The molecule has 0 atom stereocenters. The standard InChI is InChI=1S/C9H5Br2NOS2/c10-6-3-7(15-8(6)11)9(13)12-5-1-2-14-4-5/h1-4H,(H,12,13). The highest BCUT2D eigenvalue weighted by molar-refractivity contribution is 9.13. The van der Waals surface area contributed by atoms with Gasteiger partial charge in [-0.05, 0) is 49.4 Å². The summed E-state index contributed by atoms with van der Waals surface area (Å²) >= 11 is 9.66. The van der Waals surface area contributed by atoms with Crippen LogP contribution in [0.4, 0.5) is 5.69 Å². The van der Waals surface area contributed by atoms with E-state index in [4.69, 9.17) is 0 Å². The van der Waals surface area contributed by atoms with Gasteiger partial charge in [0.2, 0.25) is 0 Å². The van der Waals surface area contributed by atoms with Gasteiger partial charge in [-0.15, -0.1) is 11.3 Å². The number of hydrogen-bond donors (Lipinski definition) is 1. The minimum absolute atomic E-state index is 0.0789. The molecule has 78 valence electrons. The Morgan fingerprint density at radius 2 is 2.20 bits per heavy atom. The lowest BCUT2D eigenvalue weighted by molar-refractivity contribution is 0.103. The predicted molar refractivity (Wildman–Crippen MR) is 72.0 cm³/mol. The molecule has 0 aliphatic heterocycles. The van der Waals surface area contributed by atoms with Crippen LogP contribution < -0.4 is 5.32 Å². The van der Waals surface area contributed by atoms with Gasteiger partial charge in [-0.25, -0.2) is 0 Å². The van der Waals surface area contributed by atoms with E-state index in [2.05, 4.69) is 37.2 Å². The molecular weight excluding hydrogens is 362 g/mol. The number of anilines is 1. The van der Waals surface area contributed by atoms with E-state index in [0.29, 0.717) is 4.88 Å². The zero-order valence-corrected chi connectivity index (χ0v) is 12.1. The van der Waals surface area contributed by atoms with Gasteiger partial charge < -0.3 is 5.32 Å². The maximum absolute atomic E-state index is 11.7. The molecule has 1 N–H and O–H groups in total. The lowest BCUT2D eigenvalue weighted by Crippen LogP contribution is -2.08. The third-order valence-electron chi connectivity index (χ3n) is 1.65. The fourth-order valence-electron chi connectivity index (χ4n) is 0.987. The Morgan fingerprint density at radius 1 is 1.40 bits per heavy atom. The number of carbonyl (C=O) groups is 1. The number of nitrogens with one attached hydrogen (secondary N) is 1. The van der Waals surface area contributed by atoms with Gasteiger partial charge in [0, 0.05) is 9.85 Å². The van der Waals surface area contributed by atoms with Crippen LogP contribution in [0.5, 0.6) is 0 Å². The summed E-state index contributed by atoms with van der Waals surface area (Å²) in [6.07, 6.45) is 0. The first-order valence-electron chi connectivity index (χ1n) is 3.95. The van der Waals surface area contributed by atoms with Crippen molar-refractivity contribution in [3.05, 3.63) is 36.0 Å². The lowest BCUT2D eigenvalue weighted by Gasteiger charge is -1.98. The lowest BCUT2D eigenvalue weighted by atomic mass is 10.4. The fourth-order valence-corrected chi connectivity index (χ4v) is 3.51. The first-order chi connectivity index (χ1) is 7.16. The number of rotatable bonds is 2. The third-order valence-corrected chi connectivity index (χ3v) is 5.59. The van der Waals surface area contributed by atoms with E-state index >= 15 is 0 Å². The number of amides is 1. The van der Waals surface area contributed by atoms with Gasteiger partial charge >= 0.3 is 0 Å². The molecule has 0 fully saturated rings. The molecule has 2 aromatic heterocycles. The van der Waals surface area contributed by atoms with Gasteiger partial charge in [0.1, 0.15) is 0 Å². The maximum Gasteiger partial charge on any atom is 0.265 e. The predicted octanol–water partition coefficient (Wildman–Crippen LogP) is 4.59. The Morgan fingerprint density at radius 3 is 2.73 bits per heavy atom. The molecule has 0 bridgehead atoms. The van der Waals surface area contributed by atoms with Crippen molar-refractivity contribution in [2.45, 2.75) is 0 Å². The van der Waals surface area contributed by atoms with Crippen LogP contribution in [0.2, 0.25) is 0 Å². The molecule has 0 saturated carbocycles. The highest BCUT2D eigenvalue weighted by Crippen LogP contribution is 2.32. The second-order valence-corrected chi connectivity index (χ2v) is 6.70. The maximum atomic E-state index is 11.7. The van der Waals surface area contributed by atoms with Crippen LogP contribution in [-0.4, -0.2) is 5.91 Å². The second-order valence-electron chi connectivity index (χ2n) is 2.70. The van der Waals surface area contributed by atoms with E-state index in [1.165, 1.54) is 11.3 Å². The zero-order chi connectivity index (χ0) is 10.8. The summed E-state index contributed by atoms with van der Waals surface area (Å²) in [4.78, 5) is 12.4. The summed E-state index contributed by atoms with van der Waals surface area (Å²) in [6.45, 7) is 0. The van der Waals surface area contributed by atoms with Crippen molar-refractivity contribution in [3.8, 4) is 0 Å². The van der Waals surface area contributed by atoms with Crippen LogP contribution >= 0.6 is 54.5 Å². The van der Waals surface area contributed by atoms with Gasteiger partial charge in [-0.1, -0.05) is 0 Å². The van der Waals surface area contributed by atoms with Gasteiger partial charge in [-0.2, -0.15) is 11.3 Å². The van der Waals surface area contributed by atoms with Crippen LogP contribution in [-0.2, 0) is 0 Å². The normalized spacial score (nSPS) is 10.3. The van der Waals surface area contributed by atoms with E-state index in [-0.39, 0.29) is 5.91 Å². The monoisotopic (exact) mass is 365 g/mol. The molecule has 2 nitrogen and oxygen atoms in total. The quantitative estimate of drug-likeness (QED) is 0.827. The summed E-state index contributed by atoms with van der Waals surface area (Å²) in [6, 6.07) is 3.68. The molecule has 2 rings (SSSR count). The van der Waals surface area contributed by atoms with Crippen molar-refractivity contribution < 1.29 is 4.79 Å². The molecule has 0 aliphatic carbocycles. The highest BCUT2D eigenvalue weighted by atomic mass is 79.9. The summed E-state index contributed by atoms with van der Waals surface area (Å²) in [5.74, 6) is -0.0789. The fraction of sp³-hybridized carbons (Fsp3) is 0. The molecule has 2 heterocycles.